The van der Waals surface area contributed by atoms with Crippen molar-refractivity contribution < 1.29 is 0 Å². The van der Waals surface area contributed by atoms with Crippen LogP contribution in [0.15, 0.2) is 60.9 Å². The SMILES string of the molecule is C=C/C=C\C=C(/C)N(C)C(C)/C=C\C=C/C. The van der Waals surface area contributed by atoms with Gasteiger partial charge in [0, 0.05) is 18.8 Å². The van der Waals surface area contributed by atoms with E-state index in [9.17, 15) is 0 Å². The molecule has 0 saturated heterocycles. The van der Waals surface area contributed by atoms with E-state index in [1.807, 2.05) is 31.2 Å². The van der Waals surface area contributed by atoms with E-state index in [0.29, 0.717) is 6.04 Å². The zero-order valence-corrected chi connectivity index (χ0v) is 10.9. The largest absolute Gasteiger partial charge is 0.372 e. The molecule has 0 fully saturated rings. The van der Waals surface area contributed by atoms with E-state index in [4.69, 9.17) is 0 Å². The molecule has 0 amide bonds. The first-order chi connectivity index (χ1) is 7.63. The van der Waals surface area contributed by atoms with Gasteiger partial charge in [-0.3, -0.25) is 0 Å². The van der Waals surface area contributed by atoms with Gasteiger partial charge in [0.1, 0.15) is 0 Å². The number of hydrogen-bond acceptors (Lipinski definition) is 1. The highest BCUT2D eigenvalue weighted by molar-refractivity contribution is 5.15. The zero-order valence-electron chi connectivity index (χ0n) is 10.9. The van der Waals surface area contributed by atoms with Crippen molar-refractivity contribution in [2.45, 2.75) is 26.8 Å². The number of nitrogens with zero attached hydrogens (tertiary/aromatic N) is 1. The predicted octanol–water partition coefficient (Wildman–Crippen LogP) is 4.09. The van der Waals surface area contributed by atoms with Gasteiger partial charge in [-0.2, -0.15) is 0 Å². The van der Waals surface area contributed by atoms with Crippen molar-refractivity contribution in [1.29, 1.82) is 0 Å². The number of allylic oxidation sites excluding steroid dienone is 8. The highest BCUT2D eigenvalue weighted by atomic mass is 15.1. The van der Waals surface area contributed by atoms with Crippen LogP contribution in [-0.2, 0) is 0 Å². The molecule has 0 aliphatic carbocycles. The van der Waals surface area contributed by atoms with Gasteiger partial charge in [0.05, 0.1) is 0 Å². The first-order valence-electron chi connectivity index (χ1n) is 5.61. The molecule has 1 heteroatoms. The highest BCUT2D eigenvalue weighted by Gasteiger charge is 2.03. The maximum atomic E-state index is 3.64. The molecule has 0 saturated carbocycles. The van der Waals surface area contributed by atoms with Crippen molar-refractivity contribution in [3.63, 3.8) is 0 Å². The smallest absolute Gasteiger partial charge is 0.0441 e. The lowest BCUT2D eigenvalue weighted by molar-refractivity contribution is 0.374. The Balaban J connectivity index is 4.41. The zero-order chi connectivity index (χ0) is 12.4. The van der Waals surface area contributed by atoms with E-state index in [1.54, 1.807) is 6.08 Å². The fraction of sp³-hybridized carbons (Fsp3) is 0.333. The van der Waals surface area contributed by atoms with Crippen molar-refractivity contribution >= 4 is 0 Å². The number of likely N-dealkylation sites (N-methyl/N-ethyl adjacent to an activating group) is 1. The van der Waals surface area contributed by atoms with Crippen LogP contribution in [0, 0.1) is 0 Å². The lowest BCUT2D eigenvalue weighted by atomic mass is 10.2. The molecule has 0 rings (SSSR count). The number of rotatable bonds is 6. The van der Waals surface area contributed by atoms with Gasteiger partial charge < -0.3 is 4.90 Å². The molecule has 0 bridgehead atoms. The first kappa shape index (κ1) is 14.5. The Hall–Kier alpha value is -1.50. The Morgan fingerprint density at radius 1 is 1.19 bits per heavy atom. The molecule has 0 heterocycles. The summed E-state index contributed by atoms with van der Waals surface area (Å²) in [4.78, 5) is 2.23. The van der Waals surface area contributed by atoms with E-state index in [-0.39, 0.29) is 0 Å². The summed E-state index contributed by atoms with van der Waals surface area (Å²) in [6.07, 6.45) is 16.1. The van der Waals surface area contributed by atoms with Crippen LogP contribution in [0.5, 0.6) is 0 Å². The van der Waals surface area contributed by atoms with Crippen molar-refractivity contribution in [3.05, 3.63) is 60.9 Å². The topological polar surface area (TPSA) is 3.24 Å². The highest BCUT2D eigenvalue weighted by Crippen LogP contribution is 2.07. The quantitative estimate of drug-likeness (QED) is 0.606. The Morgan fingerprint density at radius 2 is 1.88 bits per heavy atom. The summed E-state index contributed by atoms with van der Waals surface area (Å²) in [5, 5.41) is 0. The third kappa shape index (κ3) is 6.07. The van der Waals surface area contributed by atoms with Crippen molar-refractivity contribution in [2.24, 2.45) is 0 Å². The summed E-state index contributed by atoms with van der Waals surface area (Å²) in [5.41, 5.74) is 1.23. The third-order valence-corrected chi connectivity index (χ3v) is 2.45. The Morgan fingerprint density at radius 3 is 2.44 bits per heavy atom. The van der Waals surface area contributed by atoms with E-state index < -0.39 is 0 Å². The predicted molar refractivity (Wildman–Crippen MR) is 74.3 cm³/mol. The molecule has 88 valence electrons. The molecular formula is C15H23N. The fourth-order valence-electron chi connectivity index (χ4n) is 1.18. The summed E-state index contributed by atoms with van der Waals surface area (Å²) >= 11 is 0. The van der Waals surface area contributed by atoms with E-state index in [2.05, 4.69) is 50.6 Å². The lowest BCUT2D eigenvalue weighted by Gasteiger charge is -2.24. The lowest BCUT2D eigenvalue weighted by Crippen LogP contribution is -2.25. The first-order valence-corrected chi connectivity index (χ1v) is 5.61. The molecule has 1 atom stereocenters. The molecule has 0 spiro atoms. The Kier molecular flexibility index (Phi) is 7.96. The Bertz CT molecular complexity index is 305. The summed E-state index contributed by atoms with van der Waals surface area (Å²) in [7, 11) is 2.10. The van der Waals surface area contributed by atoms with Gasteiger partial charge in [-0.15, -0.1) is 0 Å². The summed E-state index contributed by atoms with van der Waals surface area (Å²) in [6.45, 7) is 9.94. The minimum atomic E-state index is 0.393. The average Bonchev–Trinajstić information content (AvgIpc) is 2.28. The van der Waals surface area contributed by atoms with Crippen LogP contribution >= 0.6 is 0 Å². The van der Waals surface area contributed by atoms with Gasteiger partial charge in [0.2, 0.25) is 0 Å². The van der Waals surface area contributed by atoms with Crippen LogP contribution < -0.4 is 0 Å². The van der Waals surface area contributed by atoms with Crippen LogP contribution in [0.1, 0.15) is 20.8 Å². The molecule has 0 N–H and O–H groups in total. The van der Waals surface area contributed by atoms with Gasteiger partial charge in [0.25, 0.3) is 0 Å². The molecular weight excluding hydrogens is 194 g/mol. The standard InChI is InChI=1S/C15H23N/c1-6-8-10-12-14(3)16(5)15(4)13-11-9-7-2/h6-13,15H,1H2,2-5H3/b9-7-,10-8-,13-11-,14-12+. The fourth-order valence-corrected chi connectivity index (χ4v) is 1.18. The molecule has 1 unspecified atom stereocenters. The van der Waals surface area contributed by atoms with Crippen molar-refractivity contribution in [3.8, 4) is 0 Å². The van der Waals surface area contributed by atoms with Crippen LogP contribution in [-0.4, -0.2) is 18.0 Å². The van der Waals surface area contributed by atoms with Gasteiger partial charge in [-0.05, 0) is 26.8 Å². The average molecular weight is 217 g/mol. The van der Waals surface area contributed by atoms with E-state index in [1.165, 1.54) is 5.70 Å². The second-order valence-electron chi connectivity index (χ2n) is 3.69. The second-order valence-corrected chi connectivity index (χ2v) is 3.69. The van der Waals surface area contributed by atoms with Crippen molar-refractivity contribution in [2.75, 3.05) is 7.05 Å². The van der Waals surface area contributed by atoms with Crippen LogP contribution in [0.2, 0.25) is 0 Å². The van der Waals surface area contributed by atoms with Gasteiger partial charge in [-0.25, -0.2) is 0 Å². The minimum Gasteiger partial charge on any atom is -0.372 e. The normalized spacial score (nSPS) is 15.1. The van der Waals surface area contributed by atoms with Crippen molar-refractivity contribution in [1.82, 2.24) is 4.90 Å². The second kappa shape index (κ2) is 8.78. The van der Waals surface area contributed by atoms with Crippen LogP contribution in [0.4, 0.5) is 0 Å². The van der Waals surface area contributed by atoms with Gasteiger partial charge >= 0.3 is 0 Å². The van der Waals surface area contributed by atoms with E-state index >= 15 is 0 Å². The molecule has 0 aliphatic heterocycles. The molecule has 0 aromatic rings. The van der Waals surface area contributed by atoms with E-state index in [0.717, 1.165) is 0 Å². The number of hydrogen-bond donors (Lipinski definition) is 0. The molecule has 0 aromatic carbocycles. The summed E-state index contributed by atoms with van der Waals surface area (Å²) < 4.78 is 0. The van der Waals surface area contributed by atoms with Gasteiger partial charge in [0.15, 0.2) is 0 Å². The van der Waals surface area contributed by atoms with Gasteiger partial charge in [-0.1, -0.05) is 49.1 Å². The molecule has 16 heavy (non-hydrogen) atoms. The molecule has 0 radical (unpaired) electrons. The molecule has 1 nitrogen and oxygen atoms in total. The van der Waals surface area contributed by atoms with Crippen LogP contribution in [0.3, 0.4) is 0 Å². The Labute approximate surface area is 100 Å². The third-order valence-electron chi connectivity index (χ3n) is 2.45. The van der Waals surface area contributed by atoms with Crippen LogP contribution in [0.25, 0.3) is 0 Å². The summed E-state index contributed by atoms with van der Waals surface area (Å²) in [6, 6.07) is 0.393. The maximum absolute atomic E-state index is 3.64. The minimum absolute atomic E-state index is 0.393. The molecule has 0 aliphatic rings. The monoisotopic (exact) mass is 217 g/mol. The summed E-state index contributed by atoms with van der Waals surface area (Å²) in [5.74, 6) is 0. The molecule has 0 aromatic heterocycles. The maximum Gasteiger partial charge on any atom is 0.0441 e.